The fraction of sp³-hybridized carbons (Fsp3) is 0.550. The molecule has 31 heavy (non-hydrogen) atoms. The van der Waals surface area contributed by atoms with E-state index in [9.17, 15) is 13.2 Å². The molecule has 1 unspecified atom stereocenters. The van der Waals surface area contributed by atoms with Crippen molar-refractivity contribution in [3.05, 3.63) is 42.1 Å². The van der Waals surface area contributed by atoms with Crippen molar-refractivity contribution in [2.75, 3.05) is 32.7 Å². The highest BCUT2D eigenvalue weighted by molar-refractivity contribution is 14.0. The zero-order valence-electron chi connectivity index (χ0n) is 17.9. The van der Waals surface area contributed by atoms with Gasteiger partial charge in [0.1, 0.15) is 17.7 Å². The van der Waals surface area contributed by atoms with E-state index in [1.54, 1.807) is 12.4 Å². The molecule has 1 N–H and O–H groups in total. The number of hydrogen-bond acceptors (Lipinski definition) is 4. The molecule has 0 bridgehead atoms. The van der Waals surface area contributed by atoms with Gasteiger partial charge < -0.3 is 10.2 Å². The van der Waals surface area contributed by atoms with E-state index in [0.717, 1.165) is 17.2 Å². The Morgan fingerprint density at radius 3 is 2.42 bits per heavy atom. The molecule has 7 nitrogen and oxygen atoms in total. The van der Waals surface area contributed by atoms with E-state index in [-0.39, 0.29) is 24.0 Å². The number of nitrogens with zero attached hydrogens (tertiary/aromatic N) is 6. The summed E-state index contributed by atoms with van der Waals surface area (Å²) in [5.74, 6) is 2.37. The minimum Gasteiger partial charge on any atom is -0.357 e. The molecule has 0 spiro atoms. The van der Waals surface area contributed by atoms with Crippen LogP contribution in [-0.4, -0.2) is 75.2 Å². The third-order valence-electron chi connectivity index (χ3n) is 5.26. The quantitative estimate of drug-likeness (QED) is 0.352. The Labute approximate surface area is 197 Å². The number of hydrogen-bond donors (Lipinski definition) is 1. The van der Waals surface area contributed by atoms with Crippen molar-refractivity contribution in [2.24, 2.45) is 4.99 Å². The zero-order chi connectivity index (χ0) is 21.7. The SMILES string of the molecule is CCNC(=NCc1ccc(-n2ccnc2C)nc1)N1CCN(C(C)C(F)(F)F)CC1.I. The third-order valence-corrected chi connectivity index (χ3v) is 5.26. The first-order valence-corrected chi connectivity index (χ1v) is 10.1. The standard InChI is InChI=1S/C20H28F3N7.HI/c1-4-24-19(29-11-9-28(10-12-29)15(2)20(21,22)23)27-14-17-5-6-18(26-13-17)30-8-7-25-16(30)3;/h5-8,13,15H,4,9-12,14H2,1-3H3,(H,24,27);1H. The van der Waals surface area contributed by atoms with E-state index in [0.29, 0.717) is 45.2 Å². The van der Waals surface area contributed by atoms with E-state index in [2.05, 4.69) is 20.3 Å². The van der Waals surface area contributed by atoms with Gasteiger partial charge in [0, 0.05) is 51.3 Å². The fourth-order valence-corrected chi connectivity index (χ4v) is 3.39. The number of alkyl halides is 3. The maximum atomic E-state index is 13.0. The lowest BCUT2D eigenvalue weighted by molar-refractivity contribution is -0.181. The second-order valence-electron chi connectivity index (χ2n) is 7.28. The second-order valence-corrected chi connectivity index (χ2v) is 7.28. The molecule has 1 saturated heterocycles. The molecule has 1 fully saturated rings. The summed E-state index contributed by atoms with van der Waals surface area (Å²) in [6, 6.07) is 2.46. The van der Waals surface area contributed by atoms with E-state index in [1.165, 1.54) is 11.8 Å². The predicted octanol–water partition coefficient (Wildman–Crippen LogP) is 3.23. The van der Waals surface area contributed by atoms with Gasteiger partial charge in [0.15, 0.2) is 5.96 Å². The average Bonchev–Trinajstić information content (AvgIpc) is 3.16. The van der Waals surface area contributed by atoms with Crippen LogP contribution in [-0.2, 0) is 6.54 Å². The van der Waals surface area contributed by atoms with Gasteiger partial charge in [0.25, 0.3) is 0 Å². The highest BCUT2D eigenvalue weighted by Gasteiger charge is 2.41. The van der Waals surface area contributed by atoms with Gasteiger partial charge in [-0.25, -0.2) is 15.0 Å². The van der Waals surface area contributed by atoms with Gasteiger partial charge in [0.05, 0.1) is 6.54 Å². The summed E-state index contributed by atoms with van der Waals surface area (Å²) in [5.41, 5.74) is 0.955. The van der Waals surface area contributed by atoms with Crippen LogP contribution in [0.25, 0.3) is 5.82 Å². The number of aryl methyl sites for hydroxylation is 1. The fourth-order valence-electron chi connectivity index (χ4n) is 3.39. The van der Waals surface area contributed by atoms with Crippen LogP contribution in [0.4, 0.5) is 13.2 Å². The second kappa shape index (κ2) is 11.1. The first kappa shape index (κ1) is 25.4. The lowest BCUT2D eigenvalue weighted by Crippen LogP contribution is -2.56. The van der Waals surface area contributed by atoms with Gasteiger partial charge in [0.2, 0.25) is 0 Å². The van der Waals surface area contributed by atoms with E-state index in [1.807, 2.05) is 41.6 Å². The van der Waals surface area contributed by atoms with Crippen LogP contribution in [0.5, 0.6) is 0 Å². The molecule has 0 aromatic carbocycles. The Morgan fingerprint density at radius 2 is 1.90 bits per heavy atom. The molecule has 0 radical (unpaired) electrons. The molecule has 0 amide bonds. The van der Waals surface area contributed by atoms with E-state index in [4.69, 9.17) is 0 Å². The molecule has 11 heteroatoms. The molecule has 3 heterocycles. The summed E-state index contributed by atoms with van der Waals surface area (Å²) in [6.07, 6.45) is 1.17. The smallest absolute Gasteiger partial charge is 0.357 e. The summed E-state index contributed by atoms with van der Waals surface area (Å²) in [4.78, 5) is 16.8. The summed E-state index contributed by atoms with van der Waals surface area (Å²) < 4.78 is 40.8. The summed E-state index contributed by atoms with van der Waals surface area (Å²) in [6.45, 7) is 7.95. The number of imidazole rings is 1. The molecular formula is C20H29F3IN7. The topological polar surface area (TPSA) is 61.6 Å². The first-order valence-electron chi connectivity index (χ1n) is 10.1. The molecule has 0 saturated carbocycles. The number of rotatable bonds is 5. The van der Waals surface area contributed by atoms with Crippen molar-refractivity contribution in [3.8, 4) is 5.82 Å². The Hall–Kier alpha value is -1.89. The number of aliphatic imine (C=N–C) groups is 1. The van der Waals surface area contributed by atoms with Gasteiger partial charge >= 0.3 is 6.18 Å². The normalized spacial score (nSPS) is 16.7. The van der Waals surface area contributed by atoms with Crippen LogP contribution in [0.3, 0.4) is 0 Å². The Kier molecular flexibility index (Phi) is 9.10. The maximum Gasteiger partial charge on any atom is 0.403 e. The van der Waals surface area contributed by atoms with Crippen molar-refractivity contribution >= 4 is 29.9 Å². The monoisotopic (exact) mass is 551 g/mol. The highest BCUT2D eigenvalue weighted by Crippen LogP contribution is 2.25. The number of nitrogens with one attached hydrogen (secondary N) is 1. The molecule has 2 aromatic rings. The van der Waals surface area contributed by atoms with Crippen LogP contribution in [0.2, 0.25) is 0 Å². The number of halogens is 4. The summed E-state index contributed by atoms with van der Waals surface area (Å²) in [5, 5.41) is 3.24. The Bertz CT molecular complexity index is 843. The number of guanidine groups is 1. The zero-order valence-corrected chi connectivity index (χ0v) is 20.3. The maximum absolute atomic E-state index is 13.0. The number of piperazine rings is 1. The molecule has 1 aliphatic heterocycles. The van der Waals surface area contributed by atoms with Gasteiger partial charge in [-0.2, -0.15) is 13.2 Å². The van der Waals surface area contributed by atoms with Crippen LogP contribution < -0.4 is 5.32 Å². The molecular weight excluding hydrogens is 522 g/mol. The van der Waals surface area contributed by atoms with Gasteiger partial charge in [-0.15, -0.1) is 24.0 Å². The molecule has 3 rings (SSSR count). The van der Waals surface area contributed by atoms with Crippen molar-refractivity contribution in [1.82, 2.24) is 29.7 Å². The lowest BCUT2D eigenvalue weighted by Gasteiger charge is -2.39. The van der Waals surface area contributed by atoms with Gasteiger partial charge in [-0.3, -0.25) is 9.47 Å². The lowest BCUT2D eigenvalue weighted by atomic mass is 10.2. The van der Waals surface area contributed by atoms with E-state index < -0.39 is 12.2 Å². The summed E-state index contributed by atoms with van der Waals surface area (Å²) in [7, 11) is 0. The van der Waals surface area contributed by atoms with E-state index >= 15 is 0 Å². The predicted molar refractivity (Wildman–Crippen MR) is 125 cm³/mol. The van der Waals surface area contributed by atoms with Crippen molar-refractivity contribution in [3.63, 3.8) is 0 Å². The first-order chi connectivity index (χ1) is 14.3. The van der Waals surface area contributed by atoms with Gasteiger partial charge in [-0.05, 0) is 32.4 Å². The Morgan fingerprint density at radius 1 is 1.19 bits per heavy atom. The molecule has 2 aromatic heterocycles. The highest BCUT2D eigenvalue weighted by atomic mass is 127. The van der Waals surface area contributed by atoms with Crippen LogP contribution >= 0.6 is 24.0 Å². The molecule has 0 aliphatic carbocycles. The Balaban J connectivity index is 0.00000341. The molecule has 1 aliphatic rings. The minimum absolute atomic E-state index is 0. The largest absolute Gasteiger partial charge is 0.403 e. The van der Waals surface area contributed by atoms with Crippen LogP contribution in [0.1, 0.15) is 25.2 Å². The van der Waals surface area contributed by atoms with Crippen LogP contribution in [0.15, 0.2) is 35.7 Å². The van der Waals surface area contributed by atoms with Crippen LogP contribution in [0, 0.1) is 6.92 Å². The molecule has 1 atom stereocenters. The van der Waals surface area contributed by atoms with Gasteiger partial charge in [-0.1, -0.05) is 6.07 Å². The number of aromatic nitrogens is 3. The van der Waals surface area contributed by atoms with Crippen molar-refractivity contribution < 1.29 is 13.2 Å². The van der Waals surface area contributed by atoms with Crippen molar-refractivity contribution in [2.45, 2.75) is 39.5 Å². The number of pyridine rings is 1. The average molecular weight is 551 g/mol. The van der Waals surface area contributed by atoms with Crippen molar-refractivity contribution in [1.29, 1.82) is 0 Å². The summed E-state index contributed by atoms with van der Waals surface area (Å²) >= 11 is 0. The third kappa shape index (κ3) is 6.55. The molecule has 172 valence electrons. The minimum atomic E-state index is -4.20.